The molecule has 0 aromatic rings. The van der Waals surface area contributed by atoms with E-state index in [0.717, 1.165) is 25.7 Å². The molecule has 0 radical (unpaired) electrons. The van der Waals surface area contributed by atoms with Crippen molar-refractivity contribution >= 4 is 12.0 Å². The SMILES string of the molecule is CC1(C)CCCCC1NC(=O)N[C@H](CCO)C(=O)O. The van der Waals surface area contributed by atoms with Crippen molar-refractivity contribution < 1.29 is 19.8 Å². The largest absolute Gasteiger partial charge is 0.480 e. The monoisotopic (exact) mass is 272 g/mol. The number of aliphatic hydroxyl groups excluding tert-OH is 1. The van der Waals surface area contributed by atoms with Gasteiger partial charge in [0.2, 0.25) is 0 Å². The molecule has 19 heavy (non-hydrogen) atoms. The van der Waals surface area contributed by atoms with Crippen LogP contribution in [0.15, 0.2) is 0 Å². The molecular weight excluding hydrogens is 248 g/mol. The number of carbonyl (C=O) groups is 2. The Morgan fingerprint density at radius 3 is 2.58 bits per heavy atom. The Bertz CT molecular complexity index is 331. The molecule has 0 aliphatic heterocycles. The topological polar surface area (TPSA) is 98.7 Å². The van der Waals surface area contributed by atoms with Crippen LogP contribution in [0.4, 0.5) is 4.79 Å². The molecule has 6 heteroatoms. The number of aliphatic carboxylic acids is 1. The van der Waals surface area contributed by atoms with Crippen LogP contribution in [0.5, 0.6) is 0 Å². The molecule has 4 N–H and O–H groups in total. The van der Waals surface area contributed by atoms with E-state index in [2.05, 4.69) is 24.5 Å². The van der Waals surface area contributed by atoms with Gasteiger partial charge in [0.1, 0.15) is 6.04 Å². The van der Waals surface area contributed by atoms with E-state index in [1.807, 2.05) is 0 Å². The van der Waals surface area contributed by atoms with Gasteiger partial charge in [0.05, 0.1) is 0 Å². The number of urea groups is 1. The number of carboxylic acids is 1. The predicted molar refractivity (Wildman–Crippen MR) is 70.8 cm³/mol. The highest BCUT2D eigenvalue weighted by molar-refractivity contribution is 5.82. The number of hydrogen-bond acceptors (Lipinski definition) is 3. The second-order valence-electron chi connectivity index (χ2n) is 5.81. The molecule has 0 aromatic heterocycles. The zero-order valence-corrected chi connectivity index (χ0v) is 11.6. The fraction of sp³-hybridized carbons (Fsp3) is 0.846. The fourth-order valence-corrected chi connectivity index (χ4v) is 2.51. The summed E-state index contributed by atoms with van der Waals surface area (Å²) in [4.78, 5) is 22.7. The first-order chi connectivity index (χ1) is 8.86. The van der Waals surface area contributed by atoms with E-state index in [1.165, 1.54) is 0 Å². The summed E-state index contributed by atoms with van der Waals surface area (Å²) in [7, 11) is 0. The zero-order valence-electron chi connectivity index (χ0n) is 11.6. The molecule has 1 saturated carbocycles. The molecule has 1 aliphatic rings. The summed E-state index contributed by atoms with van der Waals surface area (Å²) in [6.07, 6.45) is 4.22. The normalized spacial score (nSPS) is 23.4. The van der Waals surface area contributed by atoms with Gasteiger partial charge < -0.3 is 20.8 Å². The molecule has 2 amide bonds. The third-order valence-corrected chi connectivity index (χ3v) is 3.83. The molecule has 1 fully saturated rings. The fourth-order valence-electron chi connectivity index (χ4n) is 2.51. The maximum absolute atomic E-state index is 11.8. The summed E-state index contributed by atoms with van der Waals surface area (Å²) < 4.78 is 0. The lowest BCUT2D eigenvalue weighted by atomic mass is 9.73. The highest BCUT2D eigenvalue weighted by atomic mass is 16.4. The van der Waals surface area contributed by atoms with Crippen LogP contribution in [0.1, 0.15) is 46.0 Å². The van der Waals surface area contributed by atoms with E-state index in [0.29, 0.717) is 0 Å². The number of hydrogen-bond donors (Lipinski definition) is 4. The summed E-state index contributed by atoms with van der Waals surface area (Å²) in [5, 5.41) is 22.9. The molecular formula is C13H24N2O4. The van der Waals surface area contributed by atoms with Gasteiger partial charge in [-0.05, 0) is 18.3 Å². The average Bonchev–Trinajstić information content (AvgIpc) is 2.31. The highest BCUT2D eigenvalue weighted by Crippen LogP contribution is 2.35. The first-order valence-corrected chi connectivity index (χ1v) is 6.77. The van der Waals surface area contributed by atoms with Crippen molar-refractivity contribution in [1.82, 2.24) is 10.6 Å². The quantitative estimate of drug-likeness (QED) is 0.602. The molecule has 0 saturated heterocycles. The van der Waals surface area contributed by atoms with Gasteiger partial charge in [0, 0.05) is 19.1 Å². The number of amides is 2. The number of rotatable bonds is 5. The van der Waals surface area contributed by atoms with Crippen LogP contribution in [0.25, 0.3) is 0 Å². The lowest BCUT2D eigenvalue weighted by Crippen LogP contribution is -2.53. The second-order valence-corrected chi connectivity index (χ2v) is 5.81. The molecule has 110 valence electrons. The van der Waals surface area contributed by atoms with Crippen molar-refractivity contribution in [2.75, 3.05) is 6.61 Å². The number of nitrogens with one attached hydrogen (secondary N) is 2. The van der Waals surface area contributed by atoms with Gasteiger partial charge in [-0.15, -0.1) is 0 Å². The Labute approximate surface area is 113 Å². The smallest absolute Gasteiger partial charge is 0.326 e. The lowest BCUT2D eigenvalue weighted by Gasteiger charge is -2.39. The Balaban J connectivity index is 2.51. The lowest BCUT2D eigenvalue weighted by molar-refractivity contribution is -0.139. The Morgan fingerprint density at radius 1 is 1.37 bits per heavy atom. The van der Waals surface area contributed by atoms with Crippen LogP contribution in [0.3, 0.4) is 0 Å². The van der Waals surface area contributed by atoms with Crippen molar-refractivity contribution in [3.05, 3.63) is 0 Å². The first-order valence-electron chi connectivity index (χ1n) is 6.77. The maximum Gasteiger partial charge on any atom is 0.326 e. The van der Waals surface area contributed by atoms with Crippen molar-refractivity contribution in [1.29, 1.82) is 0 Å². The molecule has 0 aromatic carbocycles. The van der Waals surface area contributed by atoms with Crippen LogP contribution in [0, 0.1) is 5.41 Å². The van der Waals surface area contributed by atoms with Gasteiger partial charge in [0.25, 0.3) is 0 Å². The first kappa shape index (κ1) is 15.8. The summed E-state index contributed by atoms with van der Waals surface area (Å²) in [6, 6.07) is -1.46. The van der Waals surface area contributed by atoms with E-state index in [4.69, 9.17) is 10.2 Å². The van der Waals surface area contributed by atoms with Gasteiger partial charge in [-0.2, -0.15) is 0 Å². The predicted octanol–water partition coefficient (Wildman–Crippen LogP) is 1.09. The molecule has 2 atom stereocenters. The van der Waals surface area contributed by atoms with Crippen molar-refractivity contribution in [3.8, 4) is 0 Å². The summed E-state index contributed by atoms with van der Waals surface area (Å²) in [5.41, 5.74) is 0.0330. The number of carboxylic acid groups (broad SMARTS) is 1. The van der Waals surface area contributed by atoms with Gasteiger partial charge >= 0.3 is 12.0 Å². The highest BCUT2D eigenvalue weighted by Gasteiger charge is 2.33. The van der Waals surface area contributed by atoms with E-state index >= 15 is 0 Å². The third kappa shape index (κ3) is 4.70. The Morgan fingerprint density at radius 2 is 2.05 bits per heavy atom. The maximum atomic E-state index is 11.8. The molecule has 1 rings (SSSR count). The van der Waals surface area contributed by atoms with Crippen LogP contribution in [0.2, 0.25) is 0 Å². The summed E-state index contributed by atoms with van der Waals surface area (Å²) in [6.45, 7) is 3.95. The standard InChI is InChI=1S/C13H24N2O4/c1-13(2)7-4-3-5-10(13)15-12(19)14-9(6-8-16)11(17)18/h9-10,16H,3-8H2,1-2H3,(H,17,18)(H2,14,15,19)/t9-,10?/m1/s1. The molecule has 1 aliphatic carbocycles. The number of aliphatic hydroxyl groups is 1. The Kier molecular flexibility index (Phi) is 5.60. The van der Waals surface area contributed by atoms with E-state index in [-0.39, 0.29) is 24.5 Å². The van der Waals surface area contributed by atoms with Crippen LogP contribution < -0.4 is 10.6 Å². The Hall–Kier alpha value is -1.30. The minimum Gasteiger partial charge on any atom is -0.480 e. The second kappa shape index (κ2) is 6.75. The van der Waals surface area contributed by atoms with E-state index in [1.54, 1.807) is 0 Å². The summed E-state index contributed by atoms with van der Waals surface area (Å²) >= 11 is 0. The average molecular weight is 272 g/mol. The van der Waals surface area contributed by atoms with Gasteiger partial charge in [-0.25, -0.2) is 9.59 Å². The molecule has 0 spiro atoms. The van der Waals surface area contributed by atoms with Gasteiger partial charge in [-0.3, -0.25) is 0 Å². The molecule has 1 unspecified atom stereocenters. The minimum atomic E-state index is -1.13. The third-order valence-electron chi connectivity index (χ3n) is 3.83. The van der Waals surface area contributed by atoms with Gasteiger partial charge in [-0.1, -0.05) is 26.7 Å². The molecule has 6 nitrogen and oxygen atoms in total. The van der Waals surface area contributed by atoms with Crippen molar-refractivity contribution in [2.24, 2.45) is 5.41 Å². The molecule has 0 heterocycles. The van der Waals surface area contributed by atoms with E-state index < -0.39 is 18.0 Å². The molecule has 0 bridgehead atoms. The van der Waals surface area contributed by atoms with Crippen LogP contribution >= 0.6 is 0 Å². The van der Waals surface area contributed by atoms with Gasteiger partial charge in [0.15, 0.2) is 0 Å². The summed E-state index contributed by atoms with van der Waals surface area (Å²) in [5.74, 6) is -1.13. The minimum absolute atomic E-state index is 0.0107. The number of carbonyl (C=O) groups excluding carboxylic acids is 1. The van der Waals surface area contributed by atoms with Crippen molar-refractivity contribution in [3.63, 3.8) is 0 Å². The van der Waals surface area contributed by atoms with Crippen molar-refractivity contribution in [2.45, 2.75) is 58.0 Å². The van der Waals surface area contributed by atoms with E-state index in [9.17, 15) is 9.59 Å². The zero-order chi connectivity index (χ0) is 14.5. The van der Waals surface area contributed by atoms with Crippen LogP contribution in [-0.4, -0.2) is 40.9 Å². The van der Waals surface area contributed by atoms with Crippen LogP contribution in [-0.2, 0) is 4.79 Å².